The Morgan fingerprint density at radius 1 is 1.20 bits per heavy atom. The van der Waals surface area contributed by atoms with E-state index in [2.05, 4.69) is 10.6 Å². The van der Waals surface area contributed by atoms with Gasteiger partial charge in [0.2, 0.25) is 11.8 Å². The lowest BCUT2D eigenvalue weighted by Crippen LogP contribution is -2.53. The maximum Gasteiger partial charge on any atom is 0.262 e. The lowest BCUT2D eigenvalue weighted by atomic mass is 10.1. The van der Waals surface area contributed by atoms with Gasteiger partial charge in [-0.05, 0) is 45.2 Å². The minimum Gasteiger partial charge on any atom is -0.354 e. The highest BCUT2D eigenvalue weighted by atomic mass is 16.2. The number of benzene rings is 1. The number of aryl methyl sites for hydroxylation is 1. The van der Waals surface area contributed by atoms with Gasteiger partial charge in [0.05, 0.1) is 11.1 Å². The second-order valence-electron chi connectivity index (χ2n) is 6.55. The molecule has 2 N–H and O–H groups in total. The van der Waals surface area contributed by atoms with E-state index in [4.69, 9.17) is 0 Å². The van der Waals surface area contributed by atoms with Crippen LogP contribution in [0, 0.1) is 6.92 Å². The summed E-state index contributed by atoms with van der Waals surface area (Å²) in [5.74, 6) is -1.69. The van der Waals surface area contributed by atoms with Crippen LogP contribution < -0.4 is 10.6 Å². The van der Waals surface area contributed by atoms with Gasteiger partial charge in [0.25, 0.3) is 11.8 Å². The summed E-state index contributed by atoms with van der Waals surface area (Å²) in [6.07, 6.45) is 2.24. The molecule has 7 nitrogen and oxygen atoms in total. The quantitative estimate of drug-likeness (QED) is 0.792. The molecule has 0 radical (unpaired) electrons. The van der Waals surface area contributed by atoms with Gasteiger partial charge in [0.15, 0.2) is 0 Å². The van der Waals surface area contributed by atoms with Crippen molar-refractivity contribution in [3.8, 4) is 0 Å². The van der Waals surface area contributed by atoms with Gasteiger partial charge in [0.1, 0.15) is 12.1 Å². The van der Waals surface area contributed by atoms with Crippen LogP contribution in [0.2, 0.25) is 0 Å². The summed E-state index contributed by atoms with van der Waals surface area (Å²) < 4.78 is 0. The summed E-state index contributed by atoms with van der Waals surface area (Å²) in [5.41, 5.74) is 1.49. The van der Waals surface area contributed by atoms with Crippen LogP contribution in [0.15, 0.2) is 18.2 Å². The number of hydrogen-bond acceptors (Lipinski definition) is 4. The first-order valence-corrected chi connectivity index (χ1v) is 8.47. The molecule has 2 aliphatic heterocycles. The summed E-state index contributed by atoms with van der Waals surface area (Å²) in [6.45, 7) is 3.93. The van der Waals surface area contributed by atoms with Crippen molar-refractivity contribution in [2.24, 2.45) is 0 Å². The molecule has 1 aromatic rings. The normalized spacial score (nSPS) is 21.4. The zero-order chi connectivity index (χ0) is 18.1. The molecule has 7 heteroatoms. The third-order valence-electron chi connectivity index (χ3n) is 4.69. The van der Waals surface area contributed by atoms with Gasteiger partial charge in [-0.3, -0.25) is 24.1 Å². The smallest absolute Gasteiger partial charge is 0.262 e. The zero-order valence-electron chi connectivity index (χ0n) is 14.3. The highest BCUT2D eigenvalue weighted by Crippen LogP contribution is 2.25. The van der Waals surface area contributed by atoms with E-state index < -0.39 is 29.8 Å². The van der Waals surface area contributed by atoms with Gasteiger partial charge < -0.3 is 10.6 Å². The predicted molar refractivity (Wildman–Crippen MR) is 89.9 cm³/mol. The Morgan fingerprint density at radius 2 is 1.92 bits per heavy atom. The number of nitrogens with one attached hydrogen (secondary N) is 2. The molecule has 25 heavy (non-hydrogen) atoms. The molecule has 2 atom stereocenters. The first-order valence-electron chi connectivity index (χ1n) is 8.47. The average molecular weight is 343 g/mol. The van der Waals surface area contributed by atoms with Gasteiger partial charge in [0, 0.05) is 6.54 Å². The van der Waals surface area contributed by atoms with Crippen molar-refractivity contribution in [1.82, 2.24) is 15.5 Å². The van der Waals surface area contributed by atoms with E-state index in [0.717, 1.165) is 23.3 Å². The molecule has 132 valence electrons. The van der Waals surface area contributed by atoms with E-state index in [1.165, 1.54) is 6.92 Å². The third kappa shape index (κ3) is 3.14. The van der Waals surface area contributed by atoms with E-state index in [1.807, 2.05) is 6.92 Å². The number of carbonyl (C=O) groups is 4. The molecule has 1 saturated heterocycles. The van der Waals surface area contributed by atoms with Crippen LogP contribution in [0.3, 0.4) is 0 Å². The SMILES string of the molecule is Cc1ccc2c(c1)C(=O)N([C@@H](C)C(=O)N[C@H]1CCCCNC1=O)C2=O. The second-order valence-corrected chi connectivity index (χ2v) is 6.55. The Balaban J connectivity index is 1.75. The Labute approximate surface area is 145 Å². The van der Waals surface area contributed by atoms with Crippen molar-refractivity contribution in [2.75, 3.05) is 6.54 Å². The van der Waals surface area contributed by atoms with Crippen molar-refractivity contribution < 1.29 is 19.2 Å². The number of carbonyl (C=O) groups excluding carboxylic acids is 4. The summed E-state index contributed by atoms with van der Waals surface area (Å²) >= 11 is 0. The van der Waals surface area contributed by atoms with E-state index in [0.29, 0.717) is 24.1 Å². The van der Waals surface area contributed by atoms with Gasteiger partial charge in [-0.1, -0.05) is 11.6 Å². The molecule has 0 aliphatic carbocycles. The van der Waals surface area contributed by atoms with Crippen LogP contribution in [0.5, 0.6) is 0 Å². The van der Waals surface area contributed by atoms with Crippen LogP contribution in [0.4, 0.5) is 0 Å². The Bertz CT molecular complexity index is 759. The van der Waals surface area contributed by atoms with E-state index in [1.54, 1.807) is 18.2 Å². The zero-order valence-corrected chi connectivity index (χ0v) is 14.3. The first kappa shape index (κ1) is 17.1. The molecule has 3 rings (SSSR count). The van der Waals surface area contributed by atoms with E-state index >= 15 is 0 Å². The van der Waals surface area contributed by atoms with Crippen LogP contribution >= 0.6 is 0 Å². The molecule has 2 aliphatic rings. The van der Waals surface area contributed by atoms with Gasteiger partial charge in [-0.25, -0.2) is 0 Å². The fourth-order valence-corrected chi connectivity index (χ4v) is 3.21. The second kappa shape index (κ2) is 6.66. The number of rotatable bonds is 3. The highest BCUT2D eigenvalue weighted by molar-refractivity contribution is 6.23. The number of imide groups is 1. The Kier molecular flexibility index (Phi) is 4.57. The van der Waals surface area contributed by atoms with Gasteiger partial charge in [-0.2, -0.15) is 0 Å². The van der Waals surface area contributed by atoms with E-state index in [9.17, 15) is 19.2 Å². The summed E-state index contributed by atoms with van der Waals surface area (Å²) in [6, 6.07) is 3.40. The molecular formula is C18H21N3O4. The summed E-state index contributed by atoms with van der Waals surface area (Å²) in [5, 5.41) is 5.41. The molecule has 1 fully saturated rings. The average Bonchev–Trinajstić information content (AvgIpc) is 2.71. The molecule has 0 aromatic heterocycles. The lowest BCUT2D eigenvalue weighted by molar-refractivity contribution is -0.130. The molecule has 0 spiro atoms. The minimum absolute atomic E-state index is 0.226. The molecular weight excluding hydrogens is 322 g/mol. The molecule has 1 aromatic carbocycles. The third-order valence-corrected chi connectivity index (χ3v) is 4.69. The topological polar surface area (TPSA) is 95.6 Å². The van der Waals surface area contributed by atoms with Crippen molar-refractivity contribution in [3.63, 3.8) is 0 Å². The monoisotopic (exact) mass is 343 g/mol. The first-order chi connectivity index (χ1) is 11.9. The maximum atomic E-state index is 12.6. The van der Waals surface area contributed by atoms with Crippen LogP contribution in [-0.4, -0.2) is 47.2 Å². The predicted octanol–water partition coefficient (Wildman–Crippen LogP) is 0.764. The van der Waals surface area contributed by atoms with Crippen LogP contribution in [-0.2, 0) is 9.59 Å². The van der Waals surface area contributed by atoms with Crippen molar-refractivity contribution >= 4 is 23.6 Å². The maximum absolute atomic E-state index is 12.6. The molecule has 0 saturated carbocycles. The molecule has 0 unspecified atom stereocenters. The number of amides is 4. The molecule has 0 bridgehead atoms. The van der Waals surface area contributed by atoms with E-state index in [-0.39, 0.29) is 5.91 Å². The van der Waals surface area contributed by atoms with Crippen molar-refractivity contribution in [1.29, 1.82) is 0 Å². The molecule has 2 heterocycles. The summed E-state index contributed by atoms with van der Waals surface area (Å²) in [4.78, 5) is 50.5. The lowest BCUT2D eigenvalue weighted by Gasteiger charge is -2.24. The Morgan fingerprint density at radius 3 is 2.68 bits per heavy atom. The summed E-state index contributed by atoms with van der Waals surface area (Å²) in [7, 11) is 0. The van der Waals surface area contributed by atoms with Gasteiger partial charge in [-0.15, -0.1) is 0 Å². The molecule has 4 amide bonds. The minimum atomic E-state index is -0.983. The fourth-order valence-electron chi connectivity index (χ4n) is 3.21. The van der Waals surface area contributed by atoms with Crippen molar-refractivity contribution in [2.45, 2.75) is 45.2 Å². The van der Waals surface area contributed by atoms with Crippen molar-refractivity contribution in [3.05, 3.63) is 34.9 Å². The number of nitrogens with zero attached hydrogens (tertiary/aromatic N) is 1. The van der Waals surface area contributed by atoms with Crippen LogP contribution in [0.25, 0.3) is 0 Å². The number of hydrogen-bond donors (Lipinski definition) is 2. The number of fused-ring (bicyclic) bond motifs is 1. The Hall–Kier alpha value is -2.70. The van der Waals surface area contributed by atoms with Gasteiger partial charge >= 0.3 is 0 Å². The van der Waals surface area contributed by atoms with Crippen LogP contribution in [0.1, 0.15) is 52.5 Å². The largest absolute Gasteiger partial charge is 0.354 e. The highest BCUT2D eigenvalue weighted by Gasteiger charge is 2.41. The standard InChI is InChI=1S/C18H21N3O4/c1-10-6-7-12-13(9-10)18(25)21(17(12)24)11(2)15(22)20-14-5-3-4-8-19-16(14)23/h6-7,9,11,14H,3-5,8H2,1-2H3,(H,19,23)(H,20,22)/t11-,14-/m0/s1. The fraction of sp³-hybridized carbons (Fsp3) is 0.444.